The number of para-hydroxylation sites is 1. The van der Waals surface area contributed by atoms with E-state index in [1.807, 2.05) is 25.1 Å². The minimum atomic E-state index is -4.54. The van der Waals surface area contributed by atoms with Gasteiger partial charge >= 0.3 is 6.18 Å². The Balaban J connectivity index is 1.64. The van der Waals surface area contributed by atoms with Crippen LogP contribution in [0.15, 0.2) is 47.6 Å². The number of hydrogen-bond donors (Lipinski definition) is 2. The fourth-order valence-corrected chi connectivity index (χ4v) is 3.25. The molecule has 0 fully saturated rings. The van der Waals surface area contributed by atoms with Gasteiger partial charge in [-0.1, -0.05) is 35.5 Å². The van der Waals surface area contributed by atoms with E-state index in [-0.39, 0.29) is 16.5 Å². The van der Waals surface area contributed by atoms with Crippen LogP contribution in [0.3, 0.4) is 0 Å². The average molecular weight is 457 g/mol. The van der Waals surface area contributed by atoms with Crippen LogP contribution in [-0.2, 0) is 11.0 Å². The van der Waals surface area contributed by atoms with Crippen molar-refractivity contribution in [2.24, 2.45) is 0 Å². The summed E-state index contributed by atoms with van der Waals surface area (Å²) in [5.41, 5.74) is -0.293. The van der Waals surface area contributed by atoms with Crippen LogP contribution >= 0.6 is 23.4 Å². The lowest BCUT2D eigenvalue weighted by atomic mass is 10.2. The Morgan fingerprint density at radius 1 is 1.27 bits per heavy atom. The highest BCUT2D eigenvalue weighted by Gasteiger charge is 2.31. The van der Waals surface area contributed by atoms with Crippen molar-refractivity contribution in [2.75, 3.05) is 17.7 Å². The molecule has 2 N–H and O–H groups in total. The number of thioether (sulfide) groups is 1. The number of aromatic amines is 1. The minimum absolute atomic E-state index is 0.00839. The van der Waals surface area contributed by atoms with E-state index in [9.17, 15) is 18.0 Å². The van der Waals surface area contributed by atoms with Crippen LogP contribution in [0.4, 0.5) is 18.9 Å². The molecule has 0 aliphatic heterocycles. The zero-order valence-corrected chi connectivity index (χ0v) is 17.2. The third-order valence-electron chi connectivity index (χ3n) is 3.81. The summed E-state index contributed by atoms with van der Waals surface area (Å²) in [7, 11) is 0. The summed E-state index contributed by atoms with van der Waals surface area (Å²) < 4.78 is 44.1. The number of ether oxygens (including phenoxy) is 1. The van der Waals surface area contributed by atoms with Gasteiger partial charge < -0.3 is 10.1 Å². The van der Waals surface area contributed by atoms with Gasteiger partial charge in [-0.15, -0.1) is 5.10 Å². The second-order valence-electron chi connectivity index (χ2n) is 5.92. The van der Waals surface area contributed by atoms with Crippen LogP contribution in [0.1, 0.15) is 12.5 Å². The summed E-state index contributed by atoms with van der Waals surface area (Å²) >= 11 is 6.92. The molecule has 0 atom stereocenters. The summed E-state index contributed by atoms with van der Waals surface area (Å²) in [5.74, 6) is 0.464. The lowest BCUT2D eigenvalue weighted by Crippen LogP contribution is -2.15. The molecule has 1 aromatic heterocycles. The number of rotatable bonds is 7. The summed E-state index contributed by atoms with van der Waals surface area (Å²) in [6.07, 6.45) is -4.54. The molecule has 1 amide bonds. The number of anilines is 1. The van der Waals surface area contributed by atoms with Crippen molar-refractivity contribution < 1.29 is 22.7 Å². The quantitative estimate of drug-likeness (QED) is 0.473. The molecule has 158 valence electrons. The first kappa shape index (κ1) is 22.0. The fraction of sp³-hybridized carbons (Fsp3) is 0.211. The van der Waals surface area contributed by atoms with E-state index in [2.05, 4.69) is 20.5 Å². The first-order chi connectivity index (χ1) is 14.3. The number of halogens is 4. The number of carbonyl (C=O) groups is 1. The molecule has 0 aliphatic carbocycles. The highest BCUT2D eigenvalue weighted by atomic mass is 35.5. The van der Waals surface area contributed by atoms with Crippen molar-refractivity contribution in [3.8, 4) is 17.1 Å². The smallest absolute Gasteiger partial charge is 0.416 e. The Morgan fingerprint density at radius 3 is 2.77 bits per heavy atom. The molecule has 11 heteroatoms. The van der Waals surface area contributed by atoms with Crippen molar-refractivity contribution in [3.05, 3.63) is 53.1 Å². The van der Waals surface area contributed by atoms with E-state index in [0.717, 1.165) is 35.5 Å². The normalized spacial score (nSPS) is 11.4. The molecule has 0 bridgehead atoms. The zero-order valence-electron chi connectivity index (χ0n) is 15.6. The van der Waals surface area contributed by atoms with Gasteiger partial charge in [-0.05, 0) is 37.3 Å². The number of H-pyrrole nitrogens is 1. The molecular formula is C19H16ClF3N4O2S. The number of nitrogens with one attached hydrogen (secondary N) is 2. The van der Waals surface area contributed by atoms with E-state index < -0.39 is 17.6 Å². The molecule has 3 aromatic rings. The maximum Gasteiger partial charge on any atom is 0.416 e. The predicted molar refractivity (Wildman–Crippen MR) is 109 cm³/mol. The van der Waals surface area contributed by atoms with Crippen LogP contribution in [0.25, 0.3) is 11.4 Å². The third kappa shape index (κ3) is 5.45. The molecule has 30 heavy (non-hydrogen) atoms. The van der Waals surface area contributed by atoms with Crippen molar-refractivity contribution >= 4 is 35.0 Å². The van der Waals surface area contributed by atoms with Crippen LogP contribution in [0.2, 0.25) is 5.02 Å². The first-order valence-corrected chi connectivity index (χ1v) is 10.1. The van der Waals surface area contributed by atoms with E-state index >= 15 is 0 Å². The van der Waals surface area contributed by atoms with Crippen molar-refractivity contribution in [1.82, 2.24) is 15.2 Å². The van der Waals surface area contributed by atoms with Crippen LogP contribution in [0.5, 0.6) is 5.75 Å². The van der Waals surface area contributed by atoms with Gasteiger partial charge in [0.05, 0.1) is 34.2 Å². The molecule has 3 rings (SSSR count). The van der Waals surface area contributed by atoms with Crippen molar-refractivity contribution in [3.63, 3.8) is 0 Å². The molecule has 6 nitrogen and oxygen atoms in total. The molecule has 0 saturated heterocycles. The van der Waals surface area contributed by atoms with Gasteiger partial charge in [-0.25, -0.2) is 4.98 Å². The zero-order chi connectivity index (χ0) is 21.7. The standard InChI is InChI=1S/C19H16ClF3N4O2S/c1-2-29-15-6-4-3-5-12(15)17-25-18(27-26-17)30-10-16(28)24-14-9-11(19(21,22)23)7-8-13(14)20/h3-9H,2,10H2,1H3,(H,24,28)(H,25,26,27). The Morgan fingerprint density at radius 2 is 2.03 bits per heavy atom. The Bertz CT molecular complexity index is 1040. The first-order valence-electron chi connectivity index (χ1n) is 8.72. The number of hydrogen-bond acceptors (Lipinski definition) is 5. The predicted octanol–water partition coefficient (Wildman–Crippen LogP) is 5.27. The number of benzene rings is 2. The second kappa shape index (κ2) is 9.40. The average Bonchev–Trinajstić information content (AvgIpc) is 3.17. The Hall–Kier alpha value is -2.72. The molecule has 0 saturated carbocycles. The summed E-state index contributed by atoms with van der Waals surface area (Å²) in [6, 6.07) is 10.0. The highest BCUT2D eigenvalue weighted by molar-refractivity contribution is 7.99. The minimum Gasteiger partial charge on any atom is -0.493 e. The molecule has 0 radical (unpaired) electrons. The maximum atomic E-state index is 12.8. The molecule has 0 unspecified atom stereocenters. The van der Waals surface area contributed by atoms with E-state index in [1.54, 1.807) is 6.07 Å². The second-order valence-corrected chi connectivity index (χ2v) is 7.27. The van der Waals surface area contributed by atoms with Crippen molar-refractivity contribution in [1.29, 1.82) is 0 Å². The maximum absolute atomic E-state index is 12.8. The summed E-state index contributed by atoms with van der Waals surface area (Å²) in [6.45, 7) is 2.36. The van der Waals surface area contributed by atoms with E-state index in [1.165, 1.54) is 0 Å². The SMILES string of the molecule is CCOc1ccccc1-c1nc(SCC(=O)Nc2cc(C(F)(F)F)ccc2Cl)n[nH]1. The molecular weight excluding hydrogens is 441 g/mol. The number of amides is 1. The van der Waals surface area contributed by atoms with E-state index in [0.29, 0.717) is 23.3 Å². The van der Waals surface area contributed by atoms with Gasteiger partial charge in [0.15, 0.2) is 5.82 Å². The van der Waals surface area contributed by atoms with Gasteiger partial charge in [0.25, 0.3) is 0 Å². The van der Waals surface area contributed by atoms with Gasteiger partial charge in [0.2, 0.25) is 11.1 Å². The van der Waals surface area contributed by atoms with Gasteiger partial charge in [0, 0.05) is 0 Å². The fourth-order valence-electron chi connectivity index (χ4n) is 2.49. The Labute approximate surface area is 179 Å². The van der Waals surface area contributed by atoms with Crippen LogP contribution < -0.4 is 10.1 Å². The van der Waals surface area contributed by atoms with Crippen LogP contribution in [0, 0.1) is 0 Å². The number of alkyl halides is 3. The molecule has 2 aromatic carbocycles. The van der Waals surface area contributed by atoms with Gasteiger partial charge in [-0.2, -0.15) is 13.2 Å². The van der Waals surface area contributed by atoms with Gasteiger partial charge in [-0.3, -0.25) is 9.89 Å². The van der Waals surface area contributed by atoms with E-state index in [4.69, 9.17) is 16.3 Å². The topological polar surface area (TPSA) is 79.9 Å². The number of aromatic nitrogens is 3. The summed E-state index contributed by atoms with van der Waals surface area (Å²) in [5, 5.41) is 9.54. The third-order valence-corrected chi connectivity index (χ3v) is 4.98. The number of carbonyl (C=O) groups excluding carboxylic acids is 1. The van der Waals surface area contributed by atoms with Gasteiger partial charge in [0.1, 0.15) is 5.75 Å². The monoisotopic (exact) mass is 456 g/mol. The lowest BCUT2D eigenvalue weighted by molar-refractivity contribution is -0.137. The lowest BCUT2D eigenvalue weighted by Gasteiger charge is -2.11. The molecule has 0 aliphatic rings. The number of nitrogens with zero attached hydrogens (tertiary/aromatic N) is 2. The molecule has 1 heterocycles. The Kier molecular flexibility index (Phi) is 6.88. The summed E-state index contributed by atoms with van der Waals surface area (Å²) in [4.78, 5) is 16.5. The van der Waals surface area contributed by atoms with Crippen LogP contribution in [-0.4, -0.2) is 33.4 Å². The molecule has 0 spiro atoms. The largest absolute Gasteiger partial charge is 0.493 e. The van der Waals surface area contributed by atoms with Crippen molar-refractivity contribution in [2.45, 2.75) is 18.3 Å². The highest BCUT2D eigenvalue weighted by Crippen LogP contribution is 2.34.